The lowest BCUT2D eigenvalue weighted by molar-refractivity contribution is -0.117. The van der Waals surface area contributed by atoms with Crippen molar-refractivity contribution in [1.29, 1.82) is 0 Å². The summed E-state index contributed by atoms with van der Waals surface area (Å²) in [6.45, 7) is 6.89. The maximum Gasteiger partial charge on any atom is 0.215 e. The van der Waals surface area contributed by atoms with Crippen molar-refractivity contribution in [2.75, 3.05) is 31.2 Å². The Morgan fingerprint density at radius 2 is 2.03 bits per heavy atom. The van der Waals surface area contributed by atoms with Gasteiger partial charge in [-0.15, -0.1) is 0 Å². The Labute approximate surface area is 178 Å². The smallest absolute Gasteiger partial charge is 0.215 e. The minimum atomic E-state index is 0.101. The van der Waals surface area contributed by atoms with Crippen molar-refractivity contribution in [3.63, 3.8) is 0 Å². The molecule has 3 heterocycles. The van der Waals surface area contributed by atoms with Crippen molar-refractivity contribution in [2.24, 2.45) is 0 Å². The molecule has 2 aliphatic heterocycles. The molecule has 2 saturated heterocycles. The number of anilines is 1. The Morgan fingerprint density at radius 1 is 1.20 bits per heavy atom. The van der Waals surface area contributed by atoms with Crippen LogP contribution in [0.2, 0.25) is 0 Å². The predicted octanol–water partition coefficient (Wildman–Crippen LogP) is 3.99. The summed E-state index contributed by atoms with van der Waals surface area (Å²) in [6.07, 6.45) is 4.50. The van der Waals surface area contributed by atoms with Crippen molar-refractivity contribution in [3.8, 4) is 11.6 Å². The van der Waals surface area contributed by atoms with Gasteiger partial charge in [0.1, 0.15) is 23.7 Å². The fourth-order valence-electron chi connectivity index (χ4n) is 4.11. The van der Waals surface area contributed by atoms with E-state index in [9.17, 15) is 4.79 Å². The first-order chi connectivity index (χ1) is 14.6. The molecule has 0 N–H and O–H groups in total. The van der Waals surface area contributed by atoms with E-state index in [4.69, 9.17) is 14.2 Å². The highest BCUT2D eigenvalue weighted by atomic mass is 16.5. The third-order valence-corrected chi connectivity index (χ3v) is 5.75. The van der Waals surface area contributed by atoms with Gasteiger partial charge in [0, 0.05) is 43.8 Å². The largest absolute Gasteiger partial charge is 0.489 e. The molecule has 4 rings (SSSR count). The summed E-state index contributed by atoms with van der Waals surface area (Å²) in [5.41, 5.74) is 2.28. The van der Waals surface area contributed by atoms with Crippen LogP contribution >= 0.6 is 0 Å². The Balaban J connectivity index is 1.32. The van der Waals surface area contributed by atoms with E-state index in [0.717, 1.165) is 44.0 Å². The first kappa shape index (κ1) is 20.7. The van der Waals surface area contributed by atoms with Crippen LogP contribution < -0.4 is 14.4 Å². The number of hydrogen-bond donors (Lipinski definition) is 0. The van der Waals surface area contributed by atoms with Crippen LogP contribution in [0.25, 0.3) is 0 Å². The summed E-state index contributed by atoms with van der Waals surface area (Å²) in [5.74, 6) is 1.98. The number of nitrogens with zero attached hydrogens (tertiary/aromatic N) is 2. The maximum absolute atomic E-state index is 11.3. The molecule has 1 aromatic carbocycles. The van der Waals surface area contributed by atoms with Gasteiger partial charge in [-0.05, 0) is 36.6 Å². The zero-order chi connectivity index (χ0) is 20.9. The maximum atomic E-state index is 11.3. The highest BCUT2D eigenvalue weighted by molar-refractivity contribution is 5.76. The second kappa shape index (κ2) is 9.47. The lowest BCUT2D eigenvalue weighted by Gasteiger charge is -2.20. The molecule has 1 aromatic heterocycles. The number of carbonyl (C=O) groups excluding carboxylic acids is 1. The second-order valence-corrected chi connectivity index (χ2v) is 8.31. The molecule has 6 heteroatoms. The molecule has 160 valence electrons. The molecule has 0 amide bonds. The average Bonchev–Trinajstić information content (AvgIpc) is 3.40. The van der Waals surface area contributed by atoms with Crippen molar-refractivity contribution in [1.82, 2.24) is 4.98 Å². The number of pyridine rings is 1. The van der Waals surface area contributed by atoms with Gasteiger partial charge in [-0.2, -0.15) is 0 Å². The van der Waals surface area contributed by atoms with E-state index in [1.165, 1.54) is 5.56 Å². The Kier molecular flexibility index (Phi) is 6.53. The van der Waals surface area contributed by atoms with Gasteiger partial charge in [-0.3, -0.25) is 0 Å². The van der Waals surface area contributed by atoms with Crippen LogP contribution in [0.4, 0.5) is 5.69 Å². The molecule has 2 aromatic rings. The molecule has 0 spiro atoms. The van der Waals surface area contributed by atoms with Gasteiger partial charge in [0.25, 0.3) is 0 Å². The molecule has 0 bridgehead atoms. The van der Waals surface area contributed by atoms with Crippen molar-refractivity contribution >= 4 is 11.5 Å². The van der Waals surface area contributed by atoms with Crippen LogP contribution in [-0.4, -0.2) is 49.3 Å². The average molecular weight is 411 g/mol. The topological polar surface area (TPSA) is 60.9 Å². The Hall–Kier alpha value is -2.60. The third-order valence-electron chi connectivity index (χ3n) is 5.75. The lowest BCUT2D eigenvalue weighted by Crippen LogP contribution is -2.24. The number of rotatable bonds is 8. The standard InChI is InChI=1S/C24H30N2O4/c1-17(13-18(2)27)19-3-5-21(6-4-19)29-22-8-11-26(15-22)20-7-10-25-24(14-20)30-23-9-12-28-16-23/h3-7,10,14,17,22-23H,8-9,11-13,15-16H2,1-2H3/t17-,22-,23+/m1/s1. The van der Waals surface area contributed by atoms with E-state index >= 15 is 0 Å². The number of aromatic nitrogens is 1. The summed E-state index contributed by atoms with van der Waals surface area (Å²) < 4.78 is 17.5. The number of carbonyl (C=O) groups is 1. The fourth-order valence-corrected chi connectivity index (χ4v) is 4.11. The van der Waals surface area contributed by atoms with Gasteiger partial charge in [0.2, 0.25) is 5.88 Å². The van der Waals surface area contributed by atoms with Crippen LogP contribution in [0.5, 0.6) is 11.6 Å². The SMILES string of the molecule is CC(=O)C[C@@H](C)c1ccc(O[C@@H]2CCN(c3ccnc(O[C@H]4CCOC4)c3)C2)cc1. The fraction of sp³-hybridized carbons (Fsp3) is 0.500. The van der Waals surface area contributed by atoms with Gasteiger partial charge in [-0.1, -0.05) is 19.1 Å². The zero-order valence-corrected chi connectivity index (χ0v) is 17.8. The Bertz CT molecular complexity index is 849. The summed E-state index contributed by atoms with van der Waals surface area (Å²) in [5, 5.41) is 0. The predicted molar refractivity (Wildman–Crippen MR) is 115 cm³/mol. The molecular weight excluding hydrogens is 380 g/mol. The van der Waals surface area contributed by atoms with Gasteiger partial charge in [-0.25, -0.2) is 4.98 Å². The van der Waals surface area contributed by atoms with Crippen LogP contribution in [-0.2, 0) is 9.53 Å². The van der Waals surface area contributed by atoms with Crippen LogP contribution in [0.1, 0.15) is 44.6 Å². The van der Waals surface area contributed by atoms with Crippen LogP contribution in [0.15, 0.2) is 42.6 Å². The molecule has 2 fully saturated rings. The van der Waals surface area contributed by atoms with E-state index in [0.29, 0.717) is 18.9 Å². The van der Waals surface area contributed by atoms with Crippen molar-refractivity contribution in [3.05, 3.63) is 48.2 Å². The van der Waals surface area contributed by atoms with Gasteiger partial charge < -0.3 is 23.9 Å². The highest BCUT2D eigenvalue weighted by Crippen LogP contribution is 2.27. The molecule has 6 nitrogen and oxygen atoms in total. The van der Waals surface area contributed by atoms with E-state index in [1.807, 2.05) is 24.3 Å². The molecule has 3 atom stereocenters. The molecule has 0 unspecified atom stereocenters. The molecule has 0 radical (unpaired) electrons. The minimum Gasteiger partial charge on any atom is -0.489 e. The Morgan fingerprint density at radius 3 is 2.77 bits per heavy atom. The summed E-state index contributed by atoms with van der Waals surface area (Å²) in [7, 11) is 0. The summed E-state index contributed by atoms with van der Waals surface area (Å²) in [6, 6.07) is 12.2. The first-order valence-electron chi connectivity index (χ1n) is 10.8. The van der Waals surface area contributed by atoms with Gasteiger partial charge >= 0.3 is 0 Å². The van der Waals surface area contributed by atoms with Crippen LogP contribution in [0, 0.1) is 0 Å². The number of ether oxygens (including phenoxy) is 3. The summed E-state index contributed by atoms with van der Waals surface area (Å²) in [4.78, 5) is 18.0. The monoisotopic (exact) mass is 410 g/mol. The summed E-state index contributed by atoms with van der Waals surface area (Å²) >= 11 is 0. The number of ketones is 1. The quantitative estimate of drug-likeness (QED) is 0.656. The highest BCUT2D eigenvalue weighted by Gasteiger charge is 2.25. The molecule has 30 heavy (non-hydrogen) atoms. The van der Waals surface area contributed by atoms with Gasteiger partial charge in [0.15, 0.2) is 0 Å². The van der Waals surface area contributed by atoms with E-state index in [-0.39, 0.29) is 23.9 Å². The van der Waals surface area contributed by atoms with Crippen molar-refractivity contribution < 1.29 is 19.0 Å². The third kappa shape index (κ3) is 5.30. The van der Waals surface area contributed by atoms with Crippen molar-refractivity contribution in [2.45, 2.75) is 51.2 Å². The molecular formula is C24H30N2O4. The normalized spacial score (nSPS) is 22.1. The second-order valence-electron chi connectivity index (χ2n) is 8.31. The molecule has 0 saturated carbocycles. The number of hydrogen-bond acceptors (Lipinski definition) is 6. The van der Waals surface area contributed by atoms with E-state index in [1.54, 1.807) is 13.1 Å². The number of benzene rings is 1. The molecule has 2 aliphatic rings. The van der Waals surface area contributed by atoms with Gasteiger partial charge in [0.05, 0.1) is 19.8 Å². The van der Waals surface area contributed by atoms with E-state index in [2.05, 4.69) is 28.9 Å². The minimum absolute atomic E-state index is 0.101. The first-order valence-corrected chi connectivity index (χ1v) is 10.8. The zero-order valence-electron chi connectivity index (χ0n) is 17.8. The lowest BCUT2D eigenvalue weighted by atomic mass is 9.96. The van der Waals surface area contributed by atoms with Crippen LogP contribution in [0.3, 0.4) is 0 Å². The molecule has 0 aliphatic carbocycles. The van der Waals surface area contributed by atoms with E-state index < -0.39 is 0 Å². The number of Topliss-reactive ketones (excluding diaryl/α,β-unsaturated/α-hetero) is 1.